The smallest absolute Gasteiger partial charge is 0.330 e. The number of hydrogen-bond acceptors (Lipinski definition) is 2. The molecular weight excluding hydrogens is 200 g/mol. The Hall–Kier alpha value is -0.790. The fraction of sp³-hybridized carbons (Fsp3) is 0.786. The van der Waals surface area contributed by atoms with Crippen molar-refractivity contribution in [3.8, 4) is 0 Å². The summed E-state index contributed by atoms with van der Waals surface area (Å²) in [7, 11) is 0. The van der Waals surface area contributed by atoms with Crippen LogP contribution >= 0.6 is 0 Å². The molecule has 16 heavy (non-hydrogen) atoms. The fourth-order valence-corrected chi connectivity index (χ4v) is 3.58. The molecule has 3 fully saturated rings. The second-order valence-corrected chi connectivity index (χ2v) is 5.93. The molecule has 0 spiro atoms. The van der Waals surface area contributed by atoms with Gasteiger partial charge >= 0.3 is 5.97 Å². The van der Waals surface area contributed by atoms with Crippen LogP contribution in [0.4, 0.5) is 0 Å². The summed E-state index contributed by atoms with van der Waals surface area (Å²) in [4.78, 5) is 11.4. The molecule has 0 aromatic carbocycles. The van der Waals surface area contributed by atoms with Crippen molar-refractivity contribution in [2.45, 2.75) is 46.6 Å². The standard InChI is InChI=1S/C14H22O2/c1-5-6-13(15)16-12-8-10-7-11(9(12)2)14(10,3)4/h5-6,9-12H,7-8H2,1-4H3. The minimum absolute atomic E-state index is 0.139. The molecule has 0 N–H and O–H groups in total. The first-order chi connectivity index (χ1) is 7.46. The molecule has 0 radical (unpaired) electrons. The predicted molar refractivity (Wildman–Crippen MR) is 63.9 cm³/mol. The van der Waals surface area contributed by atoms with Crippen LogP contribution in [0, 0.1) is 23.2 Å². The SMILES string of the molecule is CC=CC(=O)OC1CC2CC(C1C)C2(C)C. The Morgan fingerprint density at radius 1 is 1.38 bits per heavy atom. The molecule has 4 unspecified atom stereocenters. The van der Waals surface area contributed by atoms with Gasteiger partial charge in [-0.15, -0.1) is 0 Å². The van der Waals surface area contributed by atoms with Crippen LogP contribution in [-0.4, -0.2) is 12.1 Å². The number of esters is 1. The molecule has 90 valence electrons. The van der Waals surface area contributed by atoms with E-state index in [4.69, 9.17) is 4.74 Å². The number of allylic oxidation sites excluding steroid dienone is 1. The number of hydrogen-bond donors (Lipinski definition) is 0. The van der Waals surface area contributed by atoms with E-state index in [1.165, 1.54) is 12.5 Å². The number of rotatable bonds is 2. The van der Waals surface area contributed by atoms with Crippen LogP contribution < -0.4 is 0 Å². The zero-order valence-electron chi connectivity index (χ0n) is 10.7. The molecule has 0 aromatic rings. The highest BCUT2D eigenvalue weighted by Gasteiger charge is 2.57. The second-order valence-electron chi connectivity index (χ2n) is 5.93. The third kappa shape index (κ3) is 1.68. The summed E-state index contributed by atoms with van der Waals surface area (Å²) in [6, 6.07) is 0. The Morgan fingerprint density at radius 3 is 2.56 bits per heavy atom. The summed E-state index contributed by atoms with van der Waals surface area (Å²) >= 11 is 0. The minimum atomic E-state index is -0.182. The summed E-state index contributed by atoms with van der Waals surface area (Å²) < 4.78 is 5.51. The molecule has 3 aliphatic carbocycles. The molecule has 3 aliphatic rings. The van der Waals surface area contributed by atoms with E-state index in [2.05, 4.69) is 20.8 Å². The van der Waals surface area contributed by atoms with Crippen molar-refractivity contribution in [2.75, 3.05) is 0 Å². The minimum Gasteiger partial charge on any atom is -0.459 e. The zero-order chi connectivity index (χ0) is 11.9. The van der Waals surface area contributed by atoms with E-state index in [0.717, 1.165) is 18.3 Å². The summed E-state index contributed by atoms with van der Waals surface area (Å²) in [5.74, 6) is 1.81. The summed E-state index contributed by atoms with van der Waals surface area (Å²) in [6.07, 6.45) is 5.76. The van der Waals surface area contributed by atoms with Crippen LogP contribution in [0.2, 0.25) is 0 Å². The first-order valence-electron chi connectivity index (χ1n) is 6.30. The summed E-state index contributed by atoms with van der Waals surface area (Å²) in [5.41, 5.74) is 0.461. The van der Waals surface area contributed by atoms with Crippen molar-refractivity contribution < 1.29 is 9.53 Å². The third-order valence-electron chi connectivity index (χ3n) is 4.85. The van der Waals surface area contributed by atoms with Crippen LogP contribution in [0.25, 0.3) is 0 Å². The first-order valence-corrected chi connectivity index (χ1v) is 6.30. The van der Waals surface area contributed by atoms with E-state index in [0.29, 0.717) is 11.3 Å². The molecule has 3 rings (SSSR count). The van der Waals surface area contributed by atoms with Gasteiger partial charge < -0.3 is 4.74 Å². The molecule has 3 saturated carbocycles. The lowest BCUT2D eigenvalue weighted by molar-refractivity contribution is -0.182. The zero-order valence-corrected chi connectivity index (χ0v) is 10.7. The van der Waals surface area contributed by atoms with Crippen molar-refractivity contribution in [1.29, 1.82) is 0 Å². The van der Waals surface area contributed by atoms with E-state index in [1.54, 1.807) is 6.08 Å². The van der Waals surface area contributed by atoms with Gasteiger partial charge in [-0.05, 0) is 42.9 Å². The van der Waals surface area contributed by atoms with Crippen molar-refractivity contribution >= 4 is 5.97 Å². The molecule has 0 aliphatic heterocycles. The molecular formula is C14H22O2. The van der Waals surface area contributed by atoms with Gasteiger partial charge in [0.1, 0.15) is 6.10 Å². The maximum atomic E-state index is 11.4. The number of fused-ring (bicyclic) bond motifs is 2. The van der Waals surface area contributed by atoms with Crippen LogP contribution in [0.15, 0.2) is 12.2 Å². The molecule has 4 atom stereocenters. The molecule has 2 bridgehead atoms. The Balaban J connectivity index is 1.98. The molecule has 0 saturated heterocycles. The fourth-order valence-electron chi connectivity index (χ4n) is 3.58. The molecule has 2 heteroatoms. The monoisotopic (exact) mass is 222 g/mol. The average molecular weight is 222 g/mol. The van der Waals surface area contributed by atoms with E-state index in [-0.39, 0.29) is 12.1 Å². The summed E-state index contributed by atoms with van der Waals surface area (Å²) in [6.45, 7) is 8.78. The molecule has 2 nitrogen and oxygen atoms in total. The number of ether oxygens (including phenoxy) is 1. The van der Waals surface area contributed by atoms with Gasteiger partial charge in [-0.3, -0.25) is 0 Å². The van der Waals surface area contributed by atoms with Crippen LogP contribution in [0.5, 0.6) is 0 Å². The van der Waals surface area contributed by atoms with Gasteiger partial charge in [-0.25, -0.2) is 4.79 Å². The molecule has 0 aromatic heterocycles. The number of carbonyl (C=O) groups is 1. The van der Waals surface area contributed by atoms with Gasteiger partial charge in [0.2, 0.25) is 0 Å². The first kappa shape index (κ1) is 11.7. The van der Waals surface area contributed by atoms with E-state index >= 15 is 0 Å². The predicted octanol–water partition coefficient (Wildman–Crippen LogP) is 3.18. The van der Waals surface area contributed by atoms with Crippen molar-refractivity contribution in [1.82, 2.24) is 0 Å². The van der Waals surface area contributed by atoms with Gasteiger partial charge in [0.05, 0.1) is 0 Å². The van der Waals surface area contributed by atoms with Crippen LogP contribution in [-0.2, 0) is 9.53 Å². The highest BCUT2D eigenvalue weighted by Crippen LogP contribution is 2.61. The van der Waals surface area contributed by atoms with E-state index in [1.807, 2.05) is 6.92 Å². The lowest BCUT2D eigenvalue weighted by Gasteiger charge is -2.61. The van der Waals surface area contributed by atoms with E-state index < -0.39 is 0 Å². The van der Waals surface area contributed by atoms with Crippen molar-refractivity contribution in [3.63, 3.8) is 0 Å². The Bertz CT molecular complexity index is 317. The lowest BCUT2D eigenvalue weighted by atomic mass is 9.45. The van der Waals surface area contributed by atoms with Crippen LogP contribution in [0.3, 0.4) is 0 Å². The highest BCUT2D eigenvalue weighted by atomic mass is 16.5. The Morgan fingerprint density at radius 2 is 2.06 bits per heavy atom. The maximum Gasteiger partial charge on any atom is 0.330 e. The third-order valence-corrected chi connectivity index (χ3v) is 4.85. The number of carbonyl (C=O) groups excluding carboxylic acids is 1. The van der Waals surface area contributed by atoms with Crippen molar-refractivity contribution in [3.05, 3.63) is 12.2 Å². The second kappa shape index (κ2) is 3.90. The quantitative estimate of drug-likeness (QED) is 0.530. The average Bonchev–Trinajstić information content (AvgIpc) is 2.20. The summed E-state index contributed by atoms with van der Waals surface area (Å²) in [5, 5.41) is 0. The largest absolute Gasteiger partial charge is 0.459 e. The van der Waals surface area contributed by atoms with Crippen molar-refractivity contribution in [2.24, 2.45) is 23.2 Å². The van der Waals surface area contributed by atoms with Gasteiger partial charge in [0.25, 0.3) is 0 Å². The Labute approximate surface area is 98.1 Å². The molecule has 0 amide bonds. The highest BCUT2D eigenvalue weighted by molar-refractivity contribution is 5.81. The van der Waals surface area contributed by atoms with E-state index in [9.17, 15) is 4.79 Å². The van der Waals surface area contributed by atoms with Gasteiger partial charge in [0, 0.05) is 6.08 Å². The van der Waals surface area contributed by atoms with Gasteiger partial charge in [-0.1, -0.05) is 26.8 Å². The van der Waals surface area contributed by atoms with Gasteiger partial charge in [0.15, 0.2) is 0 Å². The molecule has 0 heterocycles. The van der Waals surface area contributed by atoms with Crippen LogP contribution in [0.1, 0.15) is 40.5 Å². The lowest BCUT2D eigenvalue weighted by Crippen LogP contribution is -2.57. The Kier molecular flexibility index (Phi) is 2.85. The topological polar surface area (TPSA) is 26.3 Å². The maximum absolute atomic E-state index is 11.4. The van der Waals surface area contributed by atoms with Gasteiger partial charge in [-0.2, -0.15) is 0 Å². The normalized spacial score (nSPS) is 40.5.